The molecule has 0 spiro atoms. The molecule has 0 aliphatic rings. The first-order valence-electron chi connectivity index (χ1n) is 5.46. The number of halogens is 2. The summed E-state index contributed by atoms with van der Waals surface area (Å²) in [5.41, 5.74) is 0.794. The smallest absolute Gasteiger partial charge is 0.305 e. The quantitative estimate of drug-likeness (QED) is 0.861. The fourth-order valence-corrected chi connectivity index (χ4v) is 1.98. The Morgan fingerprint density at radius 2 is 2.06 bits per heavy atom. The third-order valence-corrected chi connectivity index (χ3v) is 2.89. The van der Waals surface area contributed by atoms with Crippen molar-refractivity contribution in [1.82, 2.24) is 0 Å². The van der Waals surface area contributed by atoms with E-state index >= 15 is 0 Å². The molecule has 0 saturated carbocycles. The molecule has 0 fully saturated rings. The zero-order valence-corrected chi connectivity index (χ0v) is 11.1. The summed E-state index contributed by atoms with van der Waals surface area (Å²) in [4.78, 5) is 12.6. The van der Waals surface area contributed by atoms with Crippen molar-refractivity contribution >= 4 is 34.9 Å². The molecule has 0 unspecified atom stereocenters. The van der Waals surface area contributed by atoms with Gasteiger partial charge in [0.1, 0.15) is 0 Å². The average molecular weight is 276 g/mol. The maximum absolute atomic E-state index is 10.6. The van der Waals surface area contributed by atoms with Gasteiger partial charge in [-0.05, 0) is 24.6 Å². The van der Waals surface area contributed by atoms with Crippen molar-refractivity contribution in [3.05, 3.63) is 28.2 Å². The molecule has 0 amide bonds. The van der Waals surface area contributed by atoms with Gasteiger partial charge in [0, 0.05) is 18.1 Å². The van der Waals surface area contributed by atoms with Crippen LogP contribution in [-0.2, 0) is 4.79 Å². The van der Waals surface area contributed by atoms with Crippen LogP contribution in [0.15, 0.2) is 18.2 Å². The van der Waals surface area contributed by atoms with Gasteiger partial charge < -0.3 is 10.0 Å². The van der Waals surface area contributed by atoms with Crippen LogP contribution in [-0.4, -0.2) is 24.2 Å². The maximum Gasteiger partial charge on any atom is 0.305 e. The van der Waals surface area contributed by atoms with Crippen LogP contribution in [0, 0.1) is 0 Å². The minimum Gasteiger partial charge on any atom is -0.481 e. The van der Waals surface area contributed by atoms with E-state index in [2.05, 4.69) is 0 Å². The number of hydrogen-bond acceptors (Lipinski definition) is 2. The Hall–Kier alpha value is -0.930. The van der Waals surface area contributed by atoms with E-state index in [-0.39, 0.29) is 6.42 Å². The van der Waals surface area contributed by atoms with E-state index in [0.717, 1.165) is 18.7 Å². The number of benzene rings is 1. The van der Waals surface area contributed by atoms with Crippen molar-refractivity contribution in [1.29, 1.82) is 0 Å². The summed E-state index contributed by atoms with van der Waals surface area (Å²) in [6, 6.07) is 5.21. The molecule has 0 bridgehead atoms. The molecule has 3 nitrogen and oxygen atoms in total. The number of aliphatic carboxylic acids is 1. The van der Waals surface area contributed by atoms with Crippen LogP contribution in [0.5, 0.6) is 0 Å². The van der Waals surface area contributed by atoms with Crippen molar-refractivity contribution in [2.45, 2.75) is 19.8 Å². The van der Waals surface area contributed by atoms with E-state index in [9.17, 15) is 4.79 Å². The van der Waals surface area contributed by atoms with Crippen LogP contribution in [0.25, 0.3) is 0 Å². The summed E-state index contributed by atoms with van der Waals surface area (Å²) >= 11 is 12.0. The Morgan fingerprint density at radius 3 is 2.65 bits per heavy atom. The Balaban J connectivity index is 2.87. The summed E-state index contributed by atoms with van der Waals surface area (Å²) in [6.45, 7) is 3.22. The molecule has 5 heteroatoms. The number of carbonyl (C=O) groups is 1. The molecule has 1 aromatic rings. The first-order valence-corrected chi connectivity index (χ1v) is 6.22. The van der Waals surface area contributed by atoms with Gasteiger partial charge in [-0.15, -0.1) is 0 Å². The van der Waals surface area contributed by atoms with E-state index in [1.165, 1.54) is 0 Å². The molecule has 0 aromatic heterocycles. The van der Waals surface area contributed by atoms with E-state index in [4.69, 9.17) is 28.3 Å². The van der Waals surface area contributed by atoms with Crippen LogP contribution >= 0.6 is 23.2 Å². The standard InChI is InChI=1S/C12H15Cl2NO2/c1-2-6-15(7-5-12(16)17)11-8-9(13)3-4-10(11)14/h3-4,8H,2,5-7H2,1H3,(H,16,17). The lowest BCUT2D eigenvalue weighted by molar-refractivity contribution is -0.136. The van der Waals surface area contributed by atoms with E-state index in [1.54, 1.807) is 18.2 Å². The Morgan fingerprint density at radius 1 is 1.35 bits per heavy atom. The number of carboxylic acids is 1. The summed E-state index contributed by atoms with van der Waals surface area (Å²) in [7, 11) is 0. The first kappa shape index (κ1) is 14.1. The van der Waals surface area contributed by atoms with Gasteiger partial charge in [0.25, 0.3) is 0 Å². The number of carboxylic acid groups (broad SMARTS) is 1. The highest BCUT2D eigenvalue weighted by Gasteiger charge is 2.11. The van der Waals surface area contributed by atoms with Crippen molar-refractivity contribution < 1.29 is 9.90 Å². The number of anilines is 1. The van der Waals surface area contributed by atoms with Gasteiger partial charge in [-0.1, -0.05) is 30.1 Å². The van der Waals surface area contributed by atoms with Gasteiger partial charge in [-0.2, -0.15) is 0 Å². The molecule has 1 N–H and O–H groups in total. The summed E-state index contributed by atoms with van der Waals surface area (Å²) in [5.74, 6) is -0.816. The molecule has 0 saturated heterocycles. The lowest BCUT2D eigenvalue weighted by Gasteiger charge is -2.24. The Labute approximate surface area is 111 Å². The normalized spacial score (nSPS) is 10.3. The third-order valence-electron chi connectivity index (χ3n) is 2.34. The van der Waals surface area contributed by atoms with Gasteiger partial charge in [0.05, 0.1) is 17.1 Å². The van der Waals surface area contributed by atoms with Crippen LogP contribution < -0.4 is 4.90 Å². The highest BCUT2D eigenvalue weighted by Crippen LogP contribution is 2.29. The van der Waals surface area contributed by atoms with Crippen LogP contribution in [0.4, 0.5) is 5.69 Å². The molecular weight excluding hydrogens is 261 g/mol. The van der Waals surface area contributed by atoms with E-state index in [0.29, 0.717) is 16.6 Å². The molecule has 0 radical (unpaired) electrons. The highest BCUT2D eigenvalue weighted by atomic mass is 35.5. The zero-order chi connectivity index (χ0) is 12.8. The van der Waals surface area contributed by atoms with Gasteiger partial charge in [0.2, 0.25) is 0 Å². The minimum atomic E-state index is -0.816. The molecule has 0 aliphatic heterocycles. The molecule has 1 rings (SSSR count). The van der Waals surface area contributed by atoms with Crippen LogP contribution in [0.2, 0.25) is 10.0 Å². The SMILES string of the molecule is CCCN(CCC(=O)O)c1cc(Cl)ccc1Cl. The average Bonchev–Trinajstić information content (AvgIpc) is 2.27. The van der Waals surface area contributed by atoms with Crippen LogP contribution in [0.3, 0.4) is 0 Å². The van der Waals surface area contributed by atoms with E-state index in [1.807, 2.05) is 11.8 Å². The van der Waals surface area contributed by atoms with Gasteiger partial charge >= 0.3 is 5.97 Å². The fraction of sp³-hybridized carbons (Fsp3) is 0.417. The summed E-state index contributed by atoms with van der Waals surface area (Å²) < 4.78 is 0. The zero-order valence-electron chi connectivity index (χ0n) is 9.62. The first-order chi connectivity index (χ1) is 8.04. The maximum atomic E-state index is 10.6. The lowest BCUT2D eigenvalue weighted by atomic mass is 10.2. The summed E-state index contributed by atoms with van der Waals surface area (Å²) in [6.07, 6.45) is 1.01. The van der Waals surface area contributed by atoms with E-state index < -0.39 is 5.97 Å². The van der Waals surface area contributed by atoms with Crippen molar-refractivity contribution in [2.24, 2.45) is 0 Å². The number of hydrogen-bond donors (Lipinski definition) is 1. The van der Waals surface area contributed by atoms with Gasteiger partial charge in [-0.3, -0.25) is 4.79 Å². The van der Waals surface area contributed by atoms with Crippen molar-refractivity contribution in [2.75, 3.05) is 18.0 Å². The van der Waals surface area contributed by atoms with Gasteiger partial charge in [0.15, 0.2) is 0 Å². The second-order valence-electron chi connectivity index (χ2n) is 3.73. The Kier molecular flexibility index (Phi) is 5.59. The molecule has 0 atom stereocenters. The molecule has 0 heterocycles. The van der Waals surface area contributed by atoms with Crippen molar-refractivity contribution in [3.63, 3.8) is 0 Å². The Bertz CT molecular complexity index is 396. The lowest BCUT2D eigenvalue weighted by Crippen LogP contribution is -2.27. The second kappa shape index (κ2) is 6.72. The third kappa shape index (κ3) is 4.44. The molecule has 1 aromatic carbocycles. The summed E-state index contributed by atoms with van der Waals surface area (Å²) in [5, 5.41) is 9.90. The molecule has 94 valence electrons. The molecule has 17 heavy (non-hydrogen) atoms. The second-order valence-corrected chi connectivity index (χ2v) is 4.57. The predicted molar refractivity (Wildman–Crippen MR) is 71.2 cm³/mol. The monoisotopic (exact) mass is 275 g/mol. The topological polar surface area (TPSA) is 40.5 Å². The fourth-order valence-electron chi connectivity index (χ4n) is 1.58. The van der Waals surface area contributed by atoms with Crippen molar-refractivity contribution in [3.8, 4) is 0 Å². The molecule has 0 aliphatic carbocycles. The number of nitrogens with zero attached hydrogens (tertiary/aromatic N) is 1. The number of rotatable bonds is 6. The highest BCUT2D eigenvalue weighted by molar-refractivity contribution is 6.35. The predicted octanol–water partition coefficient (Wildman–Crippen LogP) is 3.68. The largest absolute Gasteiger partial charge is 0.481 e. The minimum absolute atomic E-state index is 0.0862. The molecular formula is C12H15Cl2NO2. The van der Waals surface area contributed by atoms with Gasteiger partial charge in [-0.25, -0.2) is 0 Å². The van der Waals surface area contributed by atoms with Crippen LogP contribution in [0.1, 0.15) is 19.8 Å².